The van der Waals surface area contributed by atoms with E-state index >= 15 is 0 Å². The van der Waals surface area contributed by atoms with Crippen molar-refractivity contribution < 1.29 is 4.65 Å². The van der Waals surface area contributed by atoms with Gasteiger partial charge in [-0.15, -0.1) is 0 Å². The summed E-state index contributed by atoms with van der Waals surface area (Å²) < 4.78 is 6.50. The summed E-state index contributed by atoms with van der Waals surface area (Å²) in [5.74, 6) is 0.860. The van der Waals surface area contributed by atoms with Crippen LogP contribution in [-0.2, 0) is 4.65 Å². The zero-order chi connectivity index (χ0) is 12.9. The number of fused-ring (bicyclic) bond motifs is 1. The van der Waals surface area contributed by atoms with Gasteiger partial charge in [0.05, 0.1) is 6.10 Å². The average molecular weight is 280 g/mol. The Labute approximate surface area is 123 Å². The van der Waals surface area contributed by atoms with E-state index in [0.29, 0.717) is 12.3 Å². The molecule has 108 valence electrons. The molecule has 2 unspecified atom stereocenters. The van der Waals surface area contributed by atoms with E-state index in [1.54, 1.807) is 0 Å². The molecule has 0 aromatic carbocycles. The van der Waals surface area contributed by atoms with E-state index < -0.39 is 0 Å². The summed E-state index contributed by atoms with van der Waals surface area (Å²) in [6, 6.07) is 0. The van der Waals surface area contributed by atoms with Gasteiger partial charge in [-0.1, -0.05) is 70.6 Å². The van der Waals surface area contributed by atoms with Gasteiger partial charge in [0.15, 0.2) is 0 Å². The maximum absolute atomic E-state index is 6.50. The second-order valence-corrected chi connectivity index (χ2v) is 8.16. The van der Waals surface area contributed by atoms with Crippen molar-refractivity contribution in [1.82, 2.24) is 0 Å². The summed E-state index contributed by atoms with van der Waals surface area (Å²) in [6.07, 6.45) is 19.8. The molecule has 2 atom stereocenters. The summed E-state index contributed by atoms with van der Waals surface area (Å²) >= 11 is 2.22. The molecule has 19 heavy (non-hydrogen) atoms. The van der Waals surface area contributed by atoms with Crippen molar-refractivity contribution in [1.29, 1.82) is 0 Å². The Balaban J connectivity index is 1.56. The van der Waals surface area contributed by atoms with Crippen LogP contribution in [0.2, 0.25) is 5.82 Å². The minimum Gasteiger partial charge on any atom is -0.421 e. The van der Waals surface area contributed by atoms with Crippen LogP contribution in [0, 0.1) is 0 Å². The predicted molar refractivity (Wildman–Crippen MR) is 85.8 cm³/mol. The maximum atomic E-state index is 6.50. The van der Waals surface area contributed by atoms with Gasteiger partial charge < -0.3 is 4.65 Å². The lowest BCUT2D eigenvalue weighted by molar-refractivity contribution is 0.184. The topological polar surface area (TPSA) is 9.23 Å². The third-order valence-electron chi connectivity index (χ3n) is 5.29. The molecule has 0 N–H and O–H groups in total. The Morgan fingerprint density at radius 1 is 0.684 bits per heavy atom. The van der Waals surface area contributed by atoms with Crippen LogP contribution in [0.25, 0.3) is 0 Å². The molecule has 0 aromatic heterocycles. The molecule has 1 nitrogen and oxygen atoms in total. The van der Waals surface area contributed by atoms with Crippen molar-refractivity contribution in [2.24, 2.45) is 0 Å². The number of rotatable bonds is 1. The minimum absolute atomic E-state index is 0.547. The fraction of sp³-hybridized carbons (Fsp3) is 1.00. The second-order valence-electron chi connectivity index (χ2n) is 6.81. The third kappa shape index (κ3) is 3.94. The first kappa shape index (κ1) is 14.3. The van der Waals surface area contributed by atoms with Crippen molar-refractivity contribution >= 4 is 17.8 Å². The van der Waals surface area contributed by atoms with Crippen LogP contribution in [0.5, 0.6) is 0 Å². The van der Waals surface area contributed by atoms with Crippen molar-refractivity contribution in [3.63, 3.8) is 0 Å². The first-order chi connectivity index (χ1) is 9.43. The average Bonchev–Trinajstić information content (AvgIpc) is 2.71. The van der Waals surface area contributed by atoms with Crippen LogP contribution in [0.15, 0.2) is 0 Å². The minimum atomic E-state index is 0.547. The van der Waals surface area contributed by atoms with E-state index in [4.69, 9.17) is 4.65 Å². The van der Waals surface area contributed by atoms with Gasteiger partial charge in [0.2, 0.25) is 0 Å². The summed E-state index contributed by atoms with van der Waals surface area (Å²) in [4.78, 5) is 0. The van der Waals surface area contributed by atoms with Crippen molar-refractivity contribution in [3.8, 4) is 0 Å². The molecule has 0 aromatic rings. The molecule has 0 radical (unpaired) electrons. The molecule has 3 heteroatoms. The third-order valence-corrected chi connectivity index (χ3v) is 6.95. The Bertz CT molecular complexity index is 249. The van der Waals surface area contributed by atoms with Crippen molar-refractivity contribution in [3.05, 3.63) is 0 Å². The lowest BCUT2D eigenvalue weighted by Crippen LogP contribution is -2.24. The van der Waals surface area contributed by atoms with Gasteiger partial charge in [-0.2, -0.15) is 11.6 Å². The summed E-state index contributed by atoms with van der Waals surface area (Å²) in [5.41, 5.74) is 0. The molecule has 0 bridgehead atoms. The maximum Gasteiger partial charge on any atom is 0.365 e. The predicted octanol–water partition coefficient (Wildman–Crippen LogP) is 5.44. The molecule has 3 rings (SSSR count). The normalized spacial score (nSPS) is 35.1. The summed E-state index contributed by atoms with van der Waals surface area (Å²) in [7, 11) is 0. The smallest absolute Gasteiger partial charge is 0.365 e. The Hall–Kier alpha value is 0.375. The van der Waals surface area contributed by atoms with Crippen molar-refractivity contribution in [2.45, 2.75) is 101 Å². The zero-order valence-corrected chi connectivity index (χ0v) is 13.1. The van der Waals surface area contributed by atoms with Gasteiger partial charge in [-0.05, 0) is 18.7 Å². The Kier molecular flexibility index (Phi) is 5.58. The van der Waals surface area contributed by atoms with Crippen LogP contribution in [0.3, 0.4) is 0 Å². The van der Waals surface area contributed by atoms with E-state index in [1.807, 2.05) is 0 Å². The van der Waals surface area contributed by atoms with Gasteiger partial charge in [-0.3, -0.25) is 0 Å². The van der Waals surface area contributed by atoms with Gasteiger partial charge >= 0.3 is 6.19 Å². The lowest BCUT2D eigenvalue weighted by Gasteiger charge is -2.22. The molecule has 1 heterocycles. The van der Waals surface area contributed by atoms with E-state index in [2.05, 4.69) is 11.6 Å². The SMILES string of the molecule is C1CCCC(B2OC3CCCCCCC3S2)CCC1. The van der Waals surface area contributed by atoms with E-state index in [1.165, 1.54) is 83.5 Å². The molecule has 2 aliphatic carbocycles. The highest BCUT2D eigenvalue weighted by molar-refractivity contribution is 8.25. The summed E-state index contributed by atoms with van der Waals surface area (Å²) in [5, 5.41) is 0.829. The van der Waals surface area contributed by atoms with Crippen LogP contribution in [-0.4, -0.2) is 17.5 Å². The lowest BCUT2D eigenvalue weighted by atomic mass is 9.70. The van der Waals surface area contributed by atoms with Crippen molar-refractivity contribution in [2.75, 3.05) is 0 Å². The Morgan fingerprint density at radius 3 is 2.00 bits per heavy atom. The standard InChI is InChI=1S/C16H29BOS/c1-2-6-10-14(11-7-3-1)17-18-15-12-8-4-5-9-13-16(15)19-17/h14-16H,1-13H2. The molecular weight excluding hydrogens is 251 g/mol. The molecule has 2 saturated carbocycles. The molecule has 1 aliphatic heterocycles. The monoisotopic (exact) mass is 280 g/mol. The Morgan fingerprint density at radius 2 is 1.26 bits per heavy atom. The zero-order valence-electron chi connectivity index (χ0n) is 12.3. The van der Waals surface area contributed by atoms with Crippen LogP contribution in [0.1, 0.15) is 83.5 Å². The van der Waals surface area contributed by atoms with Crippen LogP contribution in [0.4, 0.5) is 0 Å². The molecule has 3 fully saturated rings. The van der Waals surface area contributed by atoms with Gasteiger partial charge in [0, 0.05) is 5.25 Å². The molecule has 0 spiro atoms. The highest BCUT2D eigenvalue weighted by Gasteiger charge is 2.42. The first-order valence-corrected chi connectivity index (χ1v) is 9.69. The quantitative estimate of drug-likeness (QED) is 0.591. The highest BCUT2D eigenvalue weighted by atomic mass is 32.2. The molecule has 0 amide bonds. The molecular formula is C16H29BOS. The van der Waals surface area contributed by atoms with E-state index in [9.17, 15) is 0 Å². The van der Waals surface area contributed by atoms with Gasteiger partial charge in [0.25, 0.3) is 0 Å². The summed E-state index contributed by atoms with van der Waals surface area (Å²) in [6.45, 7) is 0. The van der Waals surface area contributed by atoms with E-state index in [0.717, 1.165) is 11.1 Å². The first-order valence-electron chi connectivity index (χ1n) is 8.74. The van der Waals surface area contributed by atoms with Crippen LogP contribution < -0.4 is 0 Å². The fourth-order valence-electron chi connectivity index (χ4n) is 4.09. The van der Waals surface area contributed by atoms with Gasteiger partial charge in [-0.25, -0.2) is 0 Å². The van der Waals surface area contributed by atoms with Crippen LogP contribution >= 0.6 is 11.6 Å². The largest absolute Gasteiger partial charge is 0.421 e. The molecule has 3 aliphatic rings. The fourth-order valence-corrected chi connectivity index (χ4v) is 5.81. The number of hydrogen-bond donors (Lipinski definition) is 0. The van der Waals surface area contributed by atoms with E-state index in [-0.39, 0.29) is 0 Å². The van der Waals surface area contributed by atoms with Gasteiger partial charge in [0.1, 0.15) is 0 Å². The molecule has 1 saturated heterocycles. The second kappa shape index (κ2) is 7.40. The number of hydrogen-bond acceptors (Lipinski definition) is 2. The highest BCUT2D eigenvalue weighted by Crippen LogP contribution is 2.44.